The fourth-order valence-electron chi connectivity index (χ4n) is 3.59. The van der Waals surface area contributed by atoms with Crippen molar-refractivity contribution < 1.29 is 0 Å². The van der Waals surface area contributed by atoms with Crippen molar-refractivity contribution in [3.8, 4) is 0 Å². The minimum Gasteiger partial charge on any atom is -0.353 e. The first-order chi connectivity index (χ1) is 12.3. The van der Waals surface area contributed by atoms with Gasteiger partial charge in [0.15, 0.2) is 5.65 Å². The maximum atomic E-state index is 4.59. The third-order valence-corrected chi connectivity index (χ3v) is 5.35. The average molecular weight is 338 g/mol. The molecule has 0 spiro atoms. The lowest BCUT2D eigenvalue weighted by molar-refractivity contribution is 0.248. The zero-order valence-corrected chi connectivity index (χ0v) is 14.2. The summed E-state index contributed by atoms with van der Waals surface area (Å²) in [5.41, 5.74) is 2.11. The molecule has 2 fully saturated rings. The van der Waals surface area contributed by atoms with E-state index in [1.165, 1.54) is 24.8 Å². The summed E-state index contributed by atoms with van der Waals surface area (Å²) in [6, 6.07) is 4.64. The second kappa shape index (κ2) is 6.11. The van der Waals surface area contributed by atoms with Crippen LogP contribution in [0.4, 0.5) is 5.82 Å². The molecule has 5 rings (SSSR count). The van der Waals surface area contributed by atoms with Gasteiger partial charge in [0.1, 0.15) is 12.1 Å². The smallest absolute Gasteiger partial charge is 0.177 e. The number of hydrogen-bond acceptors (Lipinski definition) is 6. The second-order valence-corrected chi connectivity index (χ2v) is 7.00. The normalized spacial score (nSPS) is 19.4. The van der Waals surface area contributed by atoms with Crippen molar-refractivity contribution in [2.24, 2.45) is 0 Å². The van der Waals surface area contributed by atoms with Gasteiger partial charge in [0, 0.05) is 44.5 Å². The van der Waals surface area contributed by atoms with Crippen LogP contribution < -0.4 is 4.90 Å². The Morgan fingerprint density at radius 3 is 2.76 bits per heavy atom. The first kappa shape index (κ1) is 14.8. The zero-order chi connectivity index (χ0) is 16.6. The van der Waals surface area contributed by atoms with E-state index in [9.17, 15) is 0 Å². The SMILES string of the molecule is c1nn(C2CCC2)cc1CN1CCN(c2ccc3nncn3n2)CC1. The molecule has 0 amide bonds. The Bertz CT molecular complexity index is 856. The van der Waals surface area contributed by atoms with Crippen LogP contribution in [0.15, 0.2) is 30.9 Å². The number of aromatic nitrogens is 6. The first-order valence-corrected chi connectivity index (χ1v) is 9.02. The van der Waals surface area contributed by atoms with Gasteiger partial charge in [-0.25, -0.2) is 0 Å². The summed E-state index contributed by atoms with van der Waals surface area (Å²) in [6.45, 7) is 5.03. The third kappa shape index (κ3) is 2.86. The second-order valence-electron chi connectivity index (χ2n) is 7.00. The molecule has 1 saturated carbocycles. The minimum atomic E-state index is 0.643. The third-order valence-electron chi connectivity index (χ3n) is 5.35. The largest absolute Gasteiger partial charge is 0.353 e. The van der Waals surface area contributed by atoms with Gasteiger partial charge in [-0.15, -0.1) is 15.3 Å². The highest BCUT2D eigenvalue weighted by molar-refractivity contribution is 5.45. The fourth-order valence-corrected chi connectivity index (χ4v) is 3.59. The molecular weight excluding hydrogens is 316 g/mol. The Hall–Kier alpha value is -2.48. The van der Waals surface area contributed by atoms with Crippen LogP contribution in [0, 0.1) is 0 Å². The molecule has 8 nitrogen and oxygen atoms in total. The molecular formula is C17H22N8. The lowest BCUT2D eigenvalue weighted by atomic mass is 9.93. The van der Waals surface area contributed by atoms with E-state index in [-0.39, 0.29) is 0 Å². The summed E-state index contributed by atoms with van der Waals surface area (Å²) >= 11 is 0. The van der Waals surface area contributed by atoms with Crippen LogP contribution in [-0.4, -0.2) is 60.7 Å². The summed E-state index contributed by atoms with van der Waals surface area (Å²) in [7, 11) is 0. The van der Waals surface area contributed by atoms with E-state index in [1.54, 1.807) is 10.8 Å². The average Bonchev–Trinajstić information content (AvgIpc) is 3.23. The summed E-state index contributed by atoms with van der Waals surface area (Å²) in [6.07, 6.45) is 9.82. The maximum Gasteiger partial charge on any atom is 0.177 e. The van der Waals surface area contributed by atoms with E-state index in [4.69, 9.17) is 0 Å². The van der Waals surface area contributed by atoms with E-state index >= 15 is 0 Å². The predicted molar refractivity (Wildman–Crippen MR) is 93.4 cm³/mol. The molecule has 1 saturated heterocycles. The maximum absolute atomic E-state index is 4.59. The minimum absolute atomic E-state index is 0.643. The Kier molecular flexibility index (Phi) is 3.62. The molecule has 4 heterocycles. The van der Waals surface area contributed by atoms with Crippen LogP contribution in [0.25, 0.3) is 5.65 Å². The number of nitrogens with zero attached hydrogens (tertiary/aromatic N) is 8. The van der Waals surface area contributed by atoms with Crippen molar-refractivity contribution in [2.45, 2.75) is 31.8 Å². The molecule has 0 aromatic carbocycles. The number of rotatable bonds is 4. The van der Waals surface area contributed by atoms with Crippen molar-refractivity contribution in [1.82, 2.24) is 34.5 Å². The molecule has 2 aliphatic rings. The van der Waals surface area contributed by atoms with E-state index in [0.717, 1.165) is 44.2 Å². The molecule has 1 aliphatic carbocycles. The van der Waals surface area contributed by atoms with E-state index < -0.39 is 0 Å². The lowest BCUT2D eigenvalue weighted by Gasteiger charge is -2.35. The van der Waals surface area contributed by atoms with Crippen molar-refractivity contribution >= 4 is 11.5 Å². The fraction of sp³-hybridized carbons (Fsp3) is 0.529. The van der Waals surface area contributed by atoms with E-state index in [1.807, 2.05) is 18.3 Å². The quantitative estimate of drug-likeness (QED) is 0.716. The molecule has 0 atom stereocenters. The lowest BCUT2D eigenvalue weighted by Crippen LogP contribution is -2.46. The van der Waals surface area contributed by atoms with Crippen molar-refractivity contribution in [2.75, 3.05) is 31.1 Å². The van der Waals surface area contributed by atoms with Crippen LogP contribution in [0.5, 0.6) is 0 Å². The highest BCUT2D eigenvalue weighted by atomic mass is 15.4. The summed E-state index contributed by atoms with van der Waals surface area (Å²) in [5.74, 6) is 0.991. The summed E-state index contributed by atoms with van der Waals surface area (Å²) in [4.78, 5) is 4.82. The van der Waals surface area contributed by atoms with Crippen LogP contribution >= 0.6 is 0 Å². The van der Waals surface area contributed by atoms with Crippen LogP contribution in [-0.2, 0) is 6.54 Å². The Morgan fingerprint density at radius 2 is 1.96 bits per heavy atom. The highest BCUT2D eigenvalue weighted by Gasteiger charge is 2.22. The molecule has 3 aromatic rings. The highest BCUT2D eigenvalue weighted by Crippen LogP contribution is 2.30. The van der Waals surface area contributed by atoms with Crippen LogP contribution in [0.1, 0.15) is 30.9 Å². The van der Waals surface area contributed by atoms with Gasteiger partial charge in [-0.2, -0.15) is 9.61 Å². The number of hydrogen-bond donors (Lipinski definition) is 0. The van der Waals surface area contributed by atoms with Crippen LogP contribution in [0.3, 0.4) is 0 Å². The van der Waals surface area contributed by atoms with Crippen LogP contribution in [0.2, 0.25) is 0 Å². The van der Waals surface area contributed by atoms with Crippen molar-refractivity contribution in [1.29, 1.82) is 0 Å². The topological polar surface area (TPSA) is 67.4 Å². The zero-order valence-electron chi connectivity index (χ0n) is 14.2. The molecule has 25 heavy (non-hydrogen) atoms. The Labute approximate surface area is 146 Å². The Morgan fingerprint density at radius 1 is 1.08 bits per heavy atom. The molecule has 1 aliphatic heterocycles. The predicted octanol–water partition coefficient (Wildman–Crippen LogP) is 1.37. The molecule has 130 valence electrons. The molecule has 0 bridgehead atoms. The van der Waals surface area contributed by atoms with Crippen molar-refractivity contribution in [3.63, 3.8) is 0 Å². The molecule has 0 radical (unpaired) electrons. The van der Waals surface area contributed by atoms with Gasteiger partial charge >= 0.3 is 0 Å². The van der Waals surface area contributed by atoms with Gasteiger partial charge in [0.2, 0.25) is 0 Å². The summed E-state index contributed by atoms with van der Waals surface area (Å²) < 4.78 is 3.89. The molecule has 0 N–H and O–H groups in total. The molecule has 8 heteroatoms. The van der Waals surface area contributed by atoms with Gasteiger partial charge in [-0.1, -0.05) is 0 Å². The number of piperazine rings is 1. The first-order valence-electron chi connectivity index (χ1n) is 9.02. The van der Waals surface area contributed by atoms with Gasteiger partial charge in [0.05, 0.1) is 12.2 Å². The van der Waals surface area contributed by atoms with E-state index in [2.05, 4.69) is 41.1 Å². The molecule has 3 aromatic heterocycles. The van der Waals surface area contributed by atoms with Gasteiger partial charge in [-0.3, -0.25) is 9.58 Å². The Balaban J connectivity index is 1.20. The van der Waals surface area contributed by atoms with Gasteiger partial charge in [0.25, 0.3) is 0 Å². The standard InChI is InChI=1S/C17H22N8/c1-2-15(3-1)24-12-14(10-19-24)11-22-6-8-23(9-7-22)17-5-4-16-20-18-13-25(16)21-17/h4-5,10,12-13,15H,1-3,6-9,11H2. The van der Waals surface area contributed by atoms with E-state index in [0.29, 0.717) is 6.04 Å². The monoisotopic (exact) mass is 338 g/mol. The van der Waals surface area contributed by atoms with Gasteiger partial charge < -0.3 is 4.90 Å². The van der Waals surface area contributed by atoms with Gasteiger partial charge in [-0.05, 0) is 31.4 Å². The summed E-state index contributed by atoms with van der Waals surface area (Å²) in [5, 5.41) is 17.0. The number of fused-ring (bicyclic) bond motifs is 1. The molecule has 0 unspecified atom stereocenters. The number of anilines is 1. The van der Waals surface area contributed by atoms with Crippen molar-refractivity contribution in [3.05, 3.63) is 36.4 Å².